The summed E-state index contributed by atoms with van der Waals surface area (Å²) in [5.74, 6) is -0.338. The van der Waals surface area contributed by atoms with E-state index in [0.29, 0.717) is 22.6 Å². The molecule has 0 spiro atoms. The molecule has 1 amide bonds. The Morgan fingerprint density at radius 1 is 0.969 bits per heavy atom. The number of anilines is 2. The minimum Gasteiger partial charge on any atom is -0.332 e. The number of hydrogen-bond acceptors (Lipinski definition) is 6. The summed E-state index contributed by atoms with van der Waals surface area (Å²) in [6, 6.07) is 13.0. The minimum atomic E-state index is -3.87. The Morgan fingerprint density at radius 2 is 1.59 bits per heavy atom. The molecule has 1 aromatic heterocycles. The molecule has 0 saturated carbocycles. The zero-order valence-corrected chi connectivity index (χ0v) is 20.7. The maximum Gasteiger partial charge on any atom is 0.264 e. The van der Waals surface area contributed by atoms with Crippen LogP contribution in [0, 0.1) is 20.8 Å². The predicted molar refractivity (Wildman–Crippen MR) is 131 cm³/mol. The summed E-state index contributed by atoms with van der Waals surface area (Å²) in [7, 11) is -3.87. The Bertz CT molecular complexity index is 1280. The third-order valence-electron chi connectivity index (χ3n) is 4.30. The normalized spacial score (nSPS) is 11.0. The van der Waals surface area contributed by atoms with Gasteiger partial charge >= 0.3 is 0 Å². The van der Waals surface area contributed by atoms with Crippen molar-refractivity contribution in [3.63, 3.8) is 0 Å². The van der Waals surface area contributed by atoms with Gasteiger partial charge in [-0.05, 0) is 81.0 Å². The van der Waals surface area contributed by atoms with Crippen LogP contribution in [0.1, 0.15) is 27.3 Å². The van der Waals surface area contributed by atoms with E-state index in [1.807, 2.05) is 19.1 Å². The maximum atomic E-state index is 12.6. The van der Waals surface area contributed by atoms with Crippen molar-refractivity contribution in [2.45, 2.75) is 25.7 Å². The van der Waals surface area contributed by atoms with Crippen molar-refractivity contribution in [3.05, 3.63) is 75.5 Å². The van der Waals surface area contributed by atoms with Crippen LogP contribution in [0.4, 0.5) is 11.6 Å². The van der Waals surface area contributed by atoms with E-state index in [1.165, 1.54) is 12.1 Å². The molecule has 0 saturated heterocycles. The molecule has 11 heteroatoms. The second kappa shape index (κ2) is 9.72. The highest BCUT2D eigenvalue weighted by atomic mass is 79.9. The highest BCUT2D eigenvalue weighted by Gasteiger charge is 2.17. The standard InChI is InChI=1S/C21H20BrN5O3S2/c1-12-4-5-15(22)11-18(12)19(28)26-21(31)25-16-6-8-17(9-7-16)32(29,30)27-20-23-13(2)10-14(3)24-20/h4-11H,1-3H3,(H,23,24,27)(H2,25,26,28,31). The van der Waals surface area contributed by atoms with Gasteiger partial charge in [-0.1, -0.05) is 22.0 Å². The van der Waals surface area contributed by atoms with E-state index in [9.17, 15) is 13.2 Å². The quantitative estimate of drug-likeness (QED) is 0.423. The van der Waals surface area contributed by atoms with Crippen LogP contribution in [-0.2, 0) is 10.0 Å². The Labute approximate surface area is 200 Å². The number of sulfonamides is 1. The van der Waals surface area contributed by atoms with Crippen LogP contribution in [0.3, 0.4) is 0 Å². The summed E-state index contributed by atoms with van der Waals surface area (Å²) < 4.78 is 28.4. The Balaban J connectivity index is 1.66. The van der Waals surface area contributed by atoms with E-state index in [2.05, 4.69) is 41.3 Å². The van der Waals surface area contributed by atoms with Crippen molar-refractivity contribution in [2.75, 3.05) is 10.0 Å². The van der Waals surface area contributed by atoms with Crippen LogP contribution >= 0.6 is 28.1 Å². The Kier molecular flexibility index (Phi) is 7.22. The first-order valence-electron chi connectivity index (χ1n) is 9.37. The van der Waals surface area contributed by atoms with Gasteiger partial charge in [-0.25, -0.2) is 23.1 Å². The van der Waals surface area contributed by atoms with E-state index in [0.717, 1.165) is 10.0 Å². The van der Waals surface area contributed by atoms with Gasteiger partial charge < -0.3 is 5.32 Å². The molecule has 0 aliphatic carbocycles. The van der Waals surface area contributed by atoms with Crippen LogP contribution < -0.4 is 15.4 Å². The van der Waals surface area contributed by atoms with E-state index in [-0.39, 0.29) is 21.9 Å². The molecular weight excluding hydrogens is 514 g/mol. The number of aryl methyl sites for hydroxylation is 3. The molecule has 166 valence electrons. The first-order valence-corrected chi connectivity index (χ1v) is 12.1. The lowest BCUT2D eigenvalue weighted by Crippen LogP contribution is -2.34. The molecule has 0 fully saturated rings. The summed E-state index contributed by atoms with van der Waals surface area (Å²) in [5, 5.41) is 5.57. The summed E-state index contributed by atoms with van der Waals surface area (Å²) in [6.45, 7) is 5.34. The van der Waals surface area contributed by atoms with Crippen molar-refractivity contribution in [1.29, 1.82) is 0 Å². The molecule has 3 rings (SSSR count). The summed E-state index contributed by atoms with van der Waals surface area (Å²) in [6.07, 6.45) is 0. The average molecular weight is 534 g/mol. The van der Waals surface area contributed by atoms with Crippen LogP contribution in [-0.4, -0.2) is 29.4 Å². The third-order valence-corrected chi connectivity index (χ3v) is 6.34. The zero-order valence-electron chi connectivity index (χ0n) is 17.4. The molecule has 2 aromatic carbocycles. The molecule has 0 unspecified atom stereocenters. The van der Waals surface area contributed by atoms with Crippen LogP contribution in [0.25, 0.3) is 0 Å². The number of benzene rings is 2. The van der Waals surface area contributed by atoms with E-state index in [1.54, 1.807) is 38.1 Å². The van der Waals surface area contributed by atoms with Crippen molar-refractivity contribution < 1.29 is 13.2 Å². The number of hydrogen-bond donors (Lipinski definition) is 3. The van der Waals surface area contributed by atoms with Crippen LogP contribution in [0.5, 0.6) is 0 Å². The average Bonchev–Trinajstić information content (AvgIpc) is 2.69. The van der Waals surface area contributed by atoms with Gasteiger partial charge in [-0.15, -0.1) is 0 Å². The second-order valence-corrected chi connectivity index (χ2v) is 9.98. The Morgan fingerprint density at radius 3 is 2.22 bits per heavy atom. The fourth-order valence-corrected chi connectivity index (χ4v) is 4.36. The third kappa shape index (κ3) is 6.09. The molecule has 0 aliphatic heterocycles. The number of rotatable bonds is 5. The lowest BCUT2D eigenvalue weighted by molar-refractivity contribution is 0.0977. The number of nitrogens with one attached hydrogen (secondary N) is 3. The molecule has 32 heavy (non-hydrogen) atoms. The molecule has 3 aromatic rings. The summed E-state index contributed by atoms with van der Waals surface area (Å²) in [4.78, 5) is 20.7. The van der Waals surface area contributed by atoms with Crippen LogP contribution in [0.15, 0.2) is 57.9 Å². The first-order chi connectivity index (χ1) is 15.0. The van der Waals surface area contributed by atoms with Crippen molar-refractivity contribution >= 4 is 60.8 Å². The van der Waals surface area contributed by atoms with Crippen LogP contribution in [0.2, 0.25) is 0 Å². The summed E-state index contributed by atoms with van der Waals surface area (Å²) in [5.41, 5.74) is 3.13. The number of nitrogens with zero attached hydrogens (tertiary/aromatic N) is 2. The van der Waals surface area contributed by atoms with Crippen molar-refractivity contribution in [2.24, 2.45) is 0 Å². The molecule has 0 radical (unpaired) electrons. The molecule has 0 aliphatic rings. The lowest BCUT2D eigenvalue weighted by Gasteiger charge is -2.12. The lowest BCUT2D eigenvalue weighted by atomic mass is 10.1. The second-order valence-electron chi connectivity index (χ2n) is 6.97. The van der Waals surface area contributed by atoms with Gasteiger partial charge in [0.2, 0.25) is 5.95 Å². The first kappa shape index (κ1) is 23.8. The predicted octanol–water partition coefficient (Wildman–Crippen LogP) is 4.09. The Hall–Kier alpha value is -2.89. The number of carbonyl (C=O) groups excluding carboxylic acids is 1. The van der Waals surface area contributed by atoms with Gasteiger partial charge in [0, 0.05) is 27.1 Å². The van der Waals surface area contributed by atoms with Crippen molar-refractivity contribution in [3.8, 4) is 0 Å². The van der Waals surface area contributed by atoms with Gasteiger partial charge in [-0.3, -0.25) is 10.1 Å². The number of thiocarbonyl (C=S) groups is 1. The van der Waals surface area contributed by atoms with Gasteiger partial charge in [-0.2, -0.15) is 0 Å². The van der Waals surface area contributed by atoms with Gasteiger partial charge in [0.05, 0.1) is 4.90 Å². The van der Waals surface area contributed by atoms with Gasteiger partial charge in [0.1, 0.15) is 0 Å². The topological polar surface area (TPSA) is 113 Å². The maximum absolute atomic E-state index is 12.6. The van der Waals surface area contributed by atoms with Gasteiger partial charge in [0.15, 0.2) is 5.11 Å². The largest absolute Gasteiger partial charge is 0.332 e. The fourth-order valence-electron chi connectivity index (χ4n) is 2.84. The van der Waals surface area contributed by atoms with E-state index < -0.39 is 10.0 Å². The monoisotopic (exact) mass is 533 g/mol. The highest BCUT2D eigenvalue weighted by Crippen LogP contribution is 2.18. The molecule has 0 atom stereocenters. The van der Waals surface area contributed by atoms with E-state index in [4.69, 9.17) is 12.2 Å². The molecule has 0 bridgehead atoms. The molecule has 1 heterocycles. The number of carbonyl (C=O) groups is 1. The van der Waals surface area contributed by atoms with Gasteiger partial charge in [0.25, 0.3) is 15.9 Å². The molecular formula is C21H20BrN5O3S2. The minimum absolute atomic E-state index is 0.0106. The highest BCUT2D eigenvalue weighted by molar-refractivity contribution is 9.10. The number of aromatic nitrogens is 2. The summed E-state index contributed by atoms with van der Waals surface area (Å²) >= 11 is 8.55. The fraction of sp³-hybridized carbons (Fsp3) is 0.143. The molecule has 8 nitrogen and oxygen atoms in total. The zero-order chi connectivity index (χ0) is 23.5. The van der Waals surface area contributed by atoms with Crippen molar-refractivity contribution in [1.82, 2.24) is 15.3 Å². The SMILES string of the molecule is Cc1cc(C)nc(NS(=O)(=O)c2ccc(NC(=S)NC(=O)c3cc(Br)ccc3C)cc2)n1. The molecule has 3 N–H and O–H groups in total. The number of halogens is 1. The number of amides is 1. The smallest absolute Gasteiger partial charge is 0.264 e. The van der Waals surface area contributed by atoms with E-state index >= 15 is 0 Å².